The molecule has 0 aromatic heterocycles. The summed E-state index contributed by atoms with van der Waals surface area (Å²) in [5.74, 6) is 0.504. The fourth-order valence-electron chi connectivity index (χ4n) is 3.58. The van der Waals surface area contributed by atoms with Crippen LogP contribution in [-0.2, 0) is 10.0 Å². The molecular weight excluding hydrogens is 424 g/mol. The normalized spacial score (nSPS) is 12.1. The summed E-state index contributed by atoms with van der Waals surface area (Å²) in [4.78, 5) is 14.8. The highest BCUT2D eigenvalue weighted by Crippen LogP contribution is 2.29. The van der Waals surface area contributed by atoms with E-state index in [0.29, 0.717) is 23.5 Å². The first-order valence-electron chi connectivity index (χ1n) is 10.4. The Morgan fingerprint density at radius 3 is 2.12 bits per heavy atom. The second kappa shape index (κ2) is 9.87. The van der Waals surface area contributed by atoms with Gasteiger partial charge in [0.1, 0.15) is 5.75 Å². The van der Waals surface area contributed by atoms with Crippen molar-refractivity contribution in [2.45, 2.75) is 24.8 Å². The molecule has 0 N–H and O–H groups in total. The van der Waals surface area contributed by atoms with Crippen molar-refractivity contribution in [2.75, 3.05) is 25.0 Å². The molecule has 6 nitrogen and oxygen atoms in total. The SMILES string of the molecule is CCN(c1ccccc1)S(=O)(=O)c1ccc(C(=O)N(C)C(C)c2ccccc2OC)cc1. The van der Waals surface area contributed by atoms with Gasteiger partial charge in [-0.05, 0) is 56.3 Å². The Hall–Kier alpha value is -3.32. The van der Waals surface area contributed by atoms with Gasteiger partial charge in [-0.25, -0.2) is 8.42 Å². The van der Waals surface area contributed by atoms with Crippen LogP contribution in [0.1, 0.15) is 35.8 Å². The third-order valence-electron chi connectivity index (χ3n) is 5.51. The van der Waals surface area contributed by atoms with Crippen molar-refractivity contribution < 1.29 is 17.9 Å². The van der Waals surface area contributed by atoms with Crippen LogP contribution in [0.3, 0.4) is 0 Å². The zero-order valence-electron chi connectivity index (χ0n) is 18.7. The first-order valence-corrected chi connectivity index (χ1v) is 11.8. The molecule has 7 heteroatoms. The van der Waals surface area contributed by atoms with E-state index in [1.54, 1.807) is 62.4 Å². The number of amides is 1. The summed E-state index contributed by atoms with van der Waals surface area (Å²) in [5, 5.41) is 0. The van der Waals surface area contributed by atoms with Gasteiger partial charge in [0.2, 0.25) is 0 Å². The number of anilines is 1. The molecule has 0 fully saturated rings. The summed E-state index contributed by atoms with van der Waals surface area (Å²) in [6.07, 6.45) is 0. The summed E-state index contributed by atoms with van der Waals surface area (Å²) < 4.78 is 33.1. The number of para-hydroxylation sites is 2. The lowest BCUT2D eigenvalue weighted by atomic mass is 10.0. The number of nitrogens with zero attached hydrogens (tertiary/aromatic N) is 2. The molecule has 0 saturated heterocycles. The number of ether oxygens (including phenoxy) is 1. The van der Waals surface area contributed by atoms with Gasteiger partial charge < -0.3 is 9.64 Å². The molecule has 0 spiro atoms. The molecule has 32 heavy (non-hydrogen) atoms. The van der Waals surface area contributed by atoms with Gasteiger partial charge in [-0.1, -0.05) is 36.4 Å². The van der Waals surface area contributed by atoms with Crippen molar-refractivity contribution >= 4 is 21.6 Å². The Morgan fingerprint density at radius 1 is 0.938 bits per heavy atom. The number of carbonyl (C=O) groups is 1. The maximum atomic E-state index is 13.2. The van der Waals surface area contributed by atoms with Crippen LogP contribution < -0.4 is 9.04 Å². The number of sulfonamides is 1. The predicted molar refractivity (Wildman–Crippen MR) is 127 cm³/mol. The average Bonchev–Trinajstić information content (AvgIpc) is 2.83. The van der Waals surface area contributed by atoms with E-state index in [-0.39, 0.29) is 16.8 Å². The molecule has 1 unspecified atom stereocenters. The van der Waals surface area contributed by atoms with E-state index in [9.17, 15) is 13.2 Å². The molecule has 3 rings (SSSR count). The number of hydrogen-bond acceptors (Lipinski definition) is 4. The van der Waals surface area contributed by atoms with Crippen LogP contribution in [0.4, 0.5) is 5.69 Å². The topological polar surface area (TPSA) is 66.9 Å². The molecule has 0 radical (unpaired) electrons. The fraction of sp³-hybridized carbons (Fsp3) is 0.240. The van der Waals surface area contributed by atoms with Crippen LogP contribution >= 0.6 is 0 Å². The van der Waals surface area contributed by atoms with Gasteiger partial charge in [-0.3, -0.25) is 9.10 Å². The number of methoxy groups -OCH3 is 1. The predicted octanol–water partition coefficient (Wildman–Crippen LogP) is 4.74. The van der Waals surface area contributed by atoms with Crippen LogP contribution in [0.25, 0.3) is 0 Å². The molecule has 168 valence electrons. The van der Waals surface area contributed by atoms with Gasteiger partial charge in [-0.15, -0.1) is 0 Å². The molecule has 0 aliphatic heterocycles. The van der Waals surface area contributed by atoms with E-state index in [4.69, 9.17) is 4.74 Å². The number of carbonyl (C=O) groups excluding carboxylic acids is 1. The largest absolute Gasteiger partial charge is 0.496 e. The van der Waals surface area contributed by atoms with Crippen molar-refractivity contribution in [3.63, 3.8) is 0 Å². The van der Waals surface area contributed by atoms with Gasteiger partial charge in [-0.2, -0.15) is 0 Å². The van der Waals surface area contributed by atoms with Gasteiger partial charge in [0, 0.05) is 24.7 Å². The lowest BCUT2D eigenvalue weighted by molar-refractivity contribution is 0.0741. The second-order valence-electron chi connectivity index (χ2n) is 7.36. The monoisotopic (exact) mass is 452 g/mol. The fourth-order valence-corrected chi connectivity index (χ4v) is 5.06. The lowest BCUT2D eigenvalue weighted by Crippen LogP contribution is -2.31. The molecule has 0 aliphatic carbocycles. The Morgan fingerprint density at radius 2 is 1.53 bits per heavy atom. The zero-order valence-corrected chi connectivity index (χ0v) is 19.5. The van der Waals surface area contributed by atoms with Crippen LogP contribution in [0, 0.1) is 0 Å². The maximum Gasteiger partial charge on any atom is 0.264 e. The van der Waals surface area contributed by atoms with Crippen LogP contribution in [0.5, 0.6) is 5.75 Å². The summed E-state index contributed by atoms with van der Waals surface area (Å²) in [6, 6.07) is 22.4. The number of hydrogen-bond donors (Lipinski definition) is 0. The van der Waals surface area contributed by atoms with E-state index in [1.165, 1.54) is 16.4 Å². The second-order valence-corrected chi connectivity index (χ2v) is 9.23. The molecular formula is C25H28N2O4S. The molecule has 1 amide bonds. The van der Waals surface area contributed by atoms with Gasteiger partial charge in [0.25, 0.3) is 15.9 Å². The Bertz CT molecular complexity index is 1160. The molecule has 3 aromatic rings. The Kier molecular flexibility index (Phi) is 7.20. The van der Waals surface area contributed by atoms with Crippen molar-refractivity contribution in [1.82, 2.24) is 4.90 Å². The highest BCUT2D eigenvalue weighted by molar-refractivity contribution is 7.92. The van der Waals surface area contributed by atoms with Crippen LogP contribution in [0.2, 0.25) is 0 Å². The number of benzene rings is 3. The van der Waals surface area contributed by atoms with Gasteiger partial charge >= 0.3 is 0 Å². The standard InChI is InChI=1S/C25H28N2O4S/c1-5-27(21-11-7-6-8-12-21)32(29,30)22-17-15-20(16-18-22)25(28)26(3)19(2)23-13-9-10-14-24(23)31-4/h6-19H,5H2,1-4H3. The van der Waals surface area contributed by atoms with E-state index in [1.807, 2.05) is 37.3 Å². The molecule has 1 atom stereocenters. The first-order chi connectivity index (χ1) is 15.3. The average molecular weight is 453 g/mol. The Labute approximate surface area is 190 Å². The van der Waals surface area contributed by atoms with E-state index in [2.05, 4.69) is 0 Å². The molecule has 0 saturated carbocycles. The van der Waals surface area contributed by atoms with Gasteiger partial charge in [0.15, 0.2) is 0 Å². The first kappa shape index (κ1) is 23.3. The lowest BCUT2D eigenvalue weighted by Gasteiger charge is -2.27. The van der Waals surface area contributed by atoms with Crippen molar-refractivity contribution in [3.8, 4) is 5.75 Å². The smallest absolute Gasteiger partial charge is 0.264 e. The summed E-state index contributed by atoms with van der Waals surface area (Å²) in [6.45, 7) is 4.01. The minimum atomic E-state index is -3.74. The van der Waals surface area contributed by atoms with E-state index in [0.717, 1.165) is 5.56 Å². The van der Waals surface area contributed by atoms with Crippen molar-refractivity contribution in [3.05, 3.63) is 90.0 Å². The third kappa shape index (κ3) is 4.62. The molecule has 0 bridgehead atoms. The van der Waals surface area contributed by atoms with E-state index >= 15 is 0 Å². The number of rotatable bonds is 8. The van der Waals surface area contributed by atoms with Crippen molar-refractivity contribution in [2.24, 2.45) is 0 Å². The van der Waals surface area contributed by atoms with Gasteiger partial charge in [0.05, 0.1) is 23.7 Å². The Balaban J connectivity index is 1.83. The quantitative estimate of drug-likeness (QED) is 0.495. The minimum absolute atomic E-state index is 0.139. The third-order valence-corrected chi connectivity index (χ3v) is 7.43. The van der Waals surface area contributed by atoms with E-state index < -0.39 is 10.0 Å². The highest BCUT2D eigenvalue weighted by atomic mass is 32.2. The summed E-state index contributed by atoms with van der Waals surface area (Å²) >= 11 is 0. The zero-order chi connectivity index (χ0) is 23.3. The minimum Gasteiger partial charge on any atom is -0.496 e. The van der Waals surface area contributed by atoms with Crippen molar-refractivity contribution in [1.29, 1.82) is 0 Å². The summed E-state index contributed by atoms with van der Waals surface area (Å²) in [5.41, 5.74) is 1.91. The molecule has 3 aromatic carbocycles. The molecule has 0 heterocycles. The van der Waals surface area contributed by atoms with Crippen LogP contribution in [0.15, 0.2) is 83.8 Å². The molecule has 0 aliphatic rings. The summed E-state index contributed by atoms with van der Waals surface area (Å²) in [7, 11) is -0.424. The maximum absolute atomic E-state index is 13.2. The highest BCUT2D eigenvalue weighted by Gasteiger charge is 2.25. The van der Waals surface area contributed by atoms with Crippen LogP contribution in [-0.4, -0.2) is 39.9 Å².